The molecule has 2 atom stereocenters. The quantitative estimate of drug-likeness (QED) is 0.896. The molecule has 1 saturated carbocycles. The molecule has 2 N–H and O–H groups in total. The number of benzene rings is 1. The van der Waals surface area contributed by atoms with Crippen LogP contribution in [-0.2, 0) is 0 Å². The molecule has 5 nitrogen and oxygen atoms in total. The van der Waals surface area contributed by atoms with E-state index in [4.69, 9.17) is 4.74 Å². The summed E-state index contributed by atoms with van der Waals surface area (Å²) in [5.74, 6) is 0.832. The summed E-state index contributed by atoms with van der Waals surface area (Å²) in [6.45, 7) is 2.54. The normalized spacial score (nSPS) is 21.1. The second kappa shape index (κ2) is 6.80. The monoisotopic (exact) mass is 292 g/mol. The summed E-state index contributed by atoms with van der Waals surface area (Å²) < 4.78 is 5.28. The van der Waals surface area contributed by atoms with Gasteiger partial charge in [-0.15, -0.1) is 0 Å². The van der Waals surface area contributed by atoms with Gasteiger partial charge in [0.25, 0.3) is 0 Å². The maximum atomic E-state index is 12.2. The Bertz CT molecular complexity index is 504. The Labute approximate surface area is 125 Å². The fraction of sp³-hybridized carbons (Fsp3) is 0.562. The lowest BCUT2D eigenvalue weighted by Crippen LogP contribution is -2.37. The molecule has 0 bridgehead atoms. The number of aryl methyl sites for hydroxylation is 1. The standard InChI is InChI=1S/C16H24N2O3/c1-11-7-8-13(15(9-11)21-3)17-16(20)18(2)10-12-5-4-6-14(12)19/h7-9,12,14,19H,4-6,10H2,1-3H3,(H,17,20). The highest BCUT2D eigenvalue weighted by Crippen LogP contribution is 2.27. The molecule has 116 valence electrons. The highest BCUT2D eigenvalue weighted by Gasteiger charge is 2.27. The highest BCUT2D eigenvalue weighted by atomic mass is 16.5. The van der Waals surface area contributed by atoms with Crippen molar-refractivity contribution in [3.05, 3.63) is 23.8 Å². The number of carbonyl (C=O) groups excluding carboxylic acids is 1. The van der Waals surface area contributed by atoms with Crippen molar-refractivity contribution in [3.8, 4) is 5.75 Å². The SMILES string of the molecule is COc1cc(C)ccc1NC(=O)N(C)CC1CCCC1O. The van der Waals surface area contributed by atoms with Crippen molar-refractivity contribution in [2.75, 3.05) is 26.0 Å². The minimum Gasteiger partial charge on any atom is -0.495 e. The Morgan fingerprint density at radius 3 is 2.86 bits per heavy atom. The van der Waals surface area contributed by atoms with E-state index in [0.717, 1.165) is 24.8 Å². The van der Waals surface area contributed by atoms with Gasteiger partial charge in [-0.25, -0.2) is 4.79 Å². The maximum absolute atomic E-state index is 12.2. The summed E-state index contributed by atoms with van der Waals surface area (Å²) in [6, 6.07) is 5.47. The fourth-order valence-corrected chi connectivity index (χ4v) is 2.78. The first-order valence-corrected chi connectivity index (χ1v) is 7.36. The molecule has 0 heterocycles. The van der Waals surface area contributed by atoms with Gasteiger partial charge in [0.05, 0.1) is 18.9 Å². The zero-order chi connectivity index (χ0) is 15.4. The minimum absolute atomic E-state index is 0.181. The van der Waals surface area contributed by atoms with Crippen LogP contribution in [0.1, 0.15) is 24.8 Å². The number of nitrogens with zero attached hydrogens (tertiary/aromatic N) is 1. The molecule has 0 radical (unpaired) electrons. The van der Waals surface area contributed by atoms with Gasteiger partial charge in [0, 0.05) is 19.5 Å². The Balaban J connectivity index is 1.97. The zero-order valence-electron chi connectivity index (χ0n) is 12.9. The number of carbonyl (C=O) groups is 1. The third-order valence-corrected chi connectivity index (χ3v) is 4.07. The molecule has 0 saturated heterocycles. The van der Waals surface area contributed by atoms with Crippen LogP contribution < -0.4 is 10.1 Å². The topological polar surface area (TPSA) is 61.8 Å². The van der Waals surface area contributed by atoms with Crippen LogP contribution in [0.2, 0.25) is 0 Å². The molecule has 2 amide bonds. The molecule has 0 aromatic heterocycles. The van der Waals surface area contributed by atoms with Crippen LogP contribution in [0.4, 0.5) is 10.5 Å². The van der Waals surface area contributed by atoms with E-state index in [1.165, 1.54) is 0 Å². The van der Waals surface area contributed by atoms with Crippen molar-refractivity contribution in [2.45, 2.75) is 32.3 Å². The fourth-order valence-electron chi connectivity index (χ4n) is 2.78. The molecular formula is C16H24N2O3. The molecule has 1 aromatic rings. The minimum atomic E-state index is -0.283. The number of ether oxygens (including phenoxy) is 1. The summed E-state index contributed by atoms with van der Waals surface area (Å²) >= 11 is 0. The number of nitrogens with one attached hydrogen (secondary N) is 1. The van der Waals surface area contributed by atoms with Crippen LogP contribution in [0.25, 0.3) is 0 Å². The lowest BCUT2D eigenvalue weighted by atomic mass is 10.1. The van der Waals surface area contributed by atoms with Crippen LogP contribution in [0.15, 0.2) is 18.2 Å². The van der Waals surface area contributed by atoms with Crippen LogP contribution in [-0.4, -0.2) is 42.8 Å². The van der Waals surface area contributed by atoms with Crippen molar-refractivity contribution >= 4 is 11.7 Å². The van der Waals surface area contributed by atoms with E-state index in [2.05, 4.69) is 5.32 Å². The summed E-state index contributed by atoms with van der Waals surface area (Å²) in [5, 5.41) is 12.7. The van der Waals surface area contributed by atoms with E-state index in [0.29, 0.717) is 18.0 Å². The second-order valence-corrected chi connectivity index (χ2v) is 5.77. The second-order valence-electron chi connectivity index (χ2n) is 5.77. The first-order chi connectivity index (χ1) is 10.0. The molecule has 21 heavy (non-hydrogen) atoms. The van der Waals surface area contributed by atoms with E-state index >= 15 is 0 Å². The predicted molar refractivity (Wildman–Crippen MR) is 82.7 cm³/mol. The van der Waals surface area contributed by atoms with E-state index in [9.17, 15) is 9.90 Å². The number of rotatable bonds is 4. The largest absolute Gasteiger partial charge is 0.495 e. The van der Waals surface area contributed by atoms with Crippen molar-refractivity contribution in [3.63, 3.8) is 0 Å². The average Bonchev–Trinajstić information content (AvgIpc) is 2.86. The summed E-state index contributed by atoms with van der Waals surface area (Å²) in [7, 11) is 3.34. The molecule has 2 rings (SSSR count). The van der Waals surface area contributed by atoms with Gasteiger partial charge in [-0.3, -0.25) is 0 Å². The number of anilines is 1. The first-order valence-electron chi connectivity index (χ1n) is 7.36. The number of methoxy groups -OCH3 is 1. The molecule has 0 aliphatic heterocycles. The smallest absolute Gasteiger partial charge is 0.321 e. The van der Waals surface area contributed by atoms with Crippen molar-refractivity contribution in [2.24, 2.45) is 5.92 Å². The molecule has 1 aliphatic carbocycles. The summed E-state index contributed by atoms with van der Waals surface area (Å²) in [4.78, 5) is 13.9. The van der Waals surface area contributed by atoms with E-state index in [1.807, 2.05) is 25.1 Å². The number of amides is 2. The van der Waals surface area contributed by atoms with Crippen molar-refractivity contribution in [1.82, 2.24) is 4.90 Å². The van der Waals surface area contributed by atoms with Crippen molar-refractivity contribution in [1.29, 1.82) is 0 Å². The molecule has 2 unspecified atom stereocenters. The Kier molecular flexibility index (Phi) is 5.07. The lowest BCUT2D eigenvalue weighted by molar-refractivity contribution is 0.116. The number of hydrogen-bond acceptors (Lipinski definition) is 3. The van der Waals surface area contributed by atoms with Crippen molar-refractivity contribution < 1.29 is 14.6 Å². The molecule has 1 aromatic carbocycles. The molecule has 1 fully saturated rings. The number of urea groups is 1. The Morgan fingerprint density at radius 2 is 2.24 bits per heavy atom. The lowest BCUT2D eigenvalue weighted by Gasteiger charge is -2.24. The predicted octanol–water partition coefficient (Wildman–Crippen LogP) is 2.63. The summed E-state index contributed by atoms with van der Waals surface area (Å²) in [5.41, 5.74) is 1.74. The van der Waals surface area contributed by atoms with Gasteiger partial charge in [-0.05, 0) is 37.5 Å². The van der Waals surface area contributed by atoms with E-state index in [1.54, 1.807) is 19.1 Å². The Hall–Kier alpha value is -1.75. The number of aliphatic hydroxyl groups excluding tert-OH is 1. The average molecular weight is 292 g/mol. The number of hydrogen-bond donors (Lipinski definition) is 2. The van der Waals surface area contributed by atoms with Gasteiger partial charge in [0.1, 0.15) is 5.75 Å². The zero-order valence-corrected chi connectivity index (χ0v) is 12.9. The molecule has 0 spiro atoms. The van der Waals surface area contributed by atoms with Gasteiger partial charge in [-0.2, -0.15) is 0 Å². The van der Waals surface area contributed by atoms with Gasteiger partial charge < -0.3 is 20.1 Å². The number of aliphatic hydroxyl groups is 1. The third kappa shape index (κ3) is 3.88. The Morgan fingerprint density at radius 1 is 1.48 bits per heavy atom. The molecular weight excluding hydrogens is 268 g/mol. The van der Waals surface area contributed by atoms with Crippen LogP contribution in [0, 0.1) is 12.8 Å². The first kappa shape index (κ1) is 15.6. The van der Waals surface area contributed by atoms with Crippen LogP contribution in [0.5, 0.6) is 5.75 Å². The van der Waals surface area contributed by atoms with Gasteiger partial charge in [0.15, 0.2) is 0 Å². The van der Waals surface area contributed by atoms with E-state index in [-0.39, 0.29) is 18.1 Å². The highest BCUT2D eigenvalue weighted by molar-refractivity contribution is 5.90. The van der Waals surface area contributed by atoms with Crippen LogP contribution >= 0.6 is 0 Å². The van der Waals surface area contributed by atoms with E-state index < -0.39 is 0 Å². The molecule has 5 heteroatoms. The van der Waals surface area contributed by atoms with Gasteiger partial charge in [-0.1, -0.05) is 12.5 Å². The molecule has 1 aliphatic rings. The maximum Gasteiger partial charge on any atom is 0.321 e. The summed E-state index contributed by atoms with van der Waals surface area (Å²) in [6.07, 6.45) is 2.57. The third-order valence-electron chi connectivity index (χ3n) is 4.07. The van der Waals surface area contributed by atoms with Gasteiger partial charge >= 0.3 is 6.03 Å². The van der Waals surface area contributed by atoms with Crippen LogP contribution in [0.3, 0.4) is 0 Å². The van der Waals surface area contributed by atoms with Gasteiger partial charge in [0.2, 0.25) is 0 Å².